The number of benzene rings is 1. The summed E-state index contributed by atoms with van der Waals surface area (Å²) < 4.78 is 5.56. The summed E-state index contributed by atoms with van der Waals surface area (Å²) in [5.41, 5.74) is 3.72. The van der Waals surface area contributed by atoms with Crippen LogP contribution < -0.4 is 10.6 Å². The minimum absolute atomic E-state index is 0. The highest BCUT2D eigenvalue weighted by molar-refractivity contribution is 14.0. The van der Waals surface area contributed by atoms with Crippen LogP contribution in [0.15, 0.2) is 47.6 Å². The monoisotopic (exact) mass is 557 g/mol. The van der Waals surface area contributed by atoms with E-state index < -0.39 is 0 Å². The fraction of sp³-hybridized carbons (Fsp3) is 0.478. The minimum atomic E-state index is 0. The normalized spacial score (nSPS) is 15.8. The number of aliphatic imine (C=N–C) groups is 1. The Morgan fingerprint density at radius 2 is 1.90 bits per heavy atom. The van der Waals surface area contributed by atoms with Gasteiger partial charge in [0.2, 0.25) is 0 Å². The minimum Gasteiger partial charge on any atom is -0.379 e. The van der Waals surface area contributed by atoms with Gasteiger partial charge in [-0.3, -0.25) is 9.89 Å². The van der Waals surface area contributed by atoms with Crippen LogP contribution in [0.4, 0.5) is 0 Å². The van der Waals surface area contributed by atoms with E-state index in [1.54, 1.807) is 0 Å². The molecule has 3 rings (SSSR count). The number of rotatable bonds is 8. The number of ether oxygens (including phenoxy) is 1. The second-order valence-electron chi connectivity index (χ2n) is 7.46. The summed E-state index contributed by atoms with van der Waals surface area (Å²) in [6, 6.07) is 12.9. The summed E-state index contributed by atoms with van der Waals surface area (Å²) >= 11 is 5.86. The predicted octanol–water partition coefficient (Wildman–Crippen LogP) is 3.83. The van der Waals surface area contributed by atoms with Gasteiger partial charge in [0.1, 0.15) is 5.15 Å². The number of nitrogens with zero attached hydrogens (tertiary/aromatic N) is 3. The second kappa shape index (κ2) is 13.9. The van der Waals surface area contributed by atoms with E-state index in [9.17, 15) is 0 Å². The maximum Gasteiger partial charge on any atom is 0.191 e. The molecule has 1 fully saturated rings. The van der Waals surface area contributed by atoms with Crippen LogP contribution in [-0.4, -0.2) is 61.8 Å². The van der Waals surface area contributed by atoms with Crippen LogP contribution >= 0.6 is 35.6 Å². The quantitative estimate of drug-likeness (QED) is 0.224. The Bertz CT molecular complexity index is 795. The fourth-order valence-corrected chi connectivity index (χ4v) is 3.62. The zero-order valence-electron chi connectivity index (χ0n) is 18.3. The highest BCUT2D eigenvalue weighted by atomic mass is 127. The maximum atomic E-state index is 5.86. The molecule has 1 atom stereocenters. The molecule has 1 aromatic heterocycles. The molecule has 170 valence electrons. The predicted molar refractivity (Wildman–Crippen MR) is 139 cm³/mol. The Labute approximate surface area is 207 Å². The lowest BCUT2D eigenvalue weighted by atomic mass is 10.0. The van der Waals surface area contributed by atoms with Gasteiger partial charge in [0.25, 0.3) is 0 Å². The van der Waals surface area contributed by atoms with E-state index >= 15 is 0 Å². The molecule has 0 saturated carbocycles. The molecule has 1 aliphatic rings. The van der Waals surface area contributed by atoms with Crippen LogP contribution in [0.5, 0.6) is 0 Å². The molecule has 1 aromatic carbocycles. The topological polar surface area (TPSA) is 61.8 Å². The van der Waals surface area contributed by atoms with E-state index in [1.165, 1.54) is 11.1 Å². The third-order valence-corrected chi connectivity index (χ3v) is 5.43. The summed E-state index contributed by atoms with van der Waals surface area (Å²) in [6.45, 7) is 9.92. The molecule has 0 radical (unpaired) electrons. The molecule has 1 unspecified atom stereocenters. The average molecular weight is 558 g/mol. The van der Waals surface area contributed by atoms with Gasteiger partial charge in [-0.15, -0.1) is 24.0 Å². The van der Waals surface area contributed by atoms with Gasteiger partial charge in [-0.2, -0.15) is 0 Å². The zero-order valence-corrected chi connectivity index (χ0v) is 21.4. The van der Waals surface area contributed by atoms with Gasteiger partial charge in [-0.1, -0.05) is 47.5 Å². The van der Waals surface area contributed by atoms with Crippen molar-refractivity contribution in [2.75, 3.05) is 45.9 Å². The van der Waals surface area contributed by atoms with Crippen molar-refractivity contribution in [1.82, 2.24) is 20.5 Å². The number of halogens is 2. The first-order chi connectivity index (χ1) is 14.7. The lowest BCUT2D eigenvalue weighted by molar-refractivity contribution is 0.0179. The van der Waals surface area contributed by atoms with E-state index in [0.717, 1.165) is 57.3 Å². The lowest BCUT2D eigenvalue weighted by Gasteiger charge is -2.34. The van der Waals surface area contributed by atoms with Crippen LogP contribution in [-0.2, 0) is 11.2 Å². The Kier molecular flexibility index (Phi) is 11.6. The van der Waals surface area contributed by atoms with Gasteiger partial charge in [0, 0.05) is 32.4 Å². The first-order valence-corrected chi connectivity index (χ1v) is 11.0. The fourth-order valence-electron chi connectivity index (χ4n) is 3.51. The molecule has 0 aliphatic carbocycles. The van der Waals surface area contributed by atoms with Crippen molar-refractivity contribution in [2.45, 2.75) is 26.3 Å². The molecule has 31 heavy (non-hydrogen) atoms. The van der Waals surface area contributed by atoms with E-state index in [2.05, 4.69) is 58.6 Å². The molecule has 1 aliphatic heterocycles. The van der Waals surface area contributed by atoms with Crippen molar-refractivity contribution in [1.29, 1.82) is 0 Å². The number of aromatic nitrogens is 1. The SMILES string of the molecule is CCNC(=NCC(c1ccc(C)cc1)N1CCOCC1)NCCc1ccc(Cl)nc1.I. The lowest BCUT2D eigenvalue weighted by Crippen LogP contribution is -2.42. The first kappa shape index (κ1) is 25.8. The standard InChI is InChI=1S/C23H32ClN5O.HI/c1-3-25-23(26-11-10-19-6-9-22(24)27-16-19)28-17-21(29-12-14-30-15-13-29)20-7-4-18(2)5-8-20;/h4-9,16,21H,3,10-15,17H2,1-2H3,(H2,25,26,28);1H. The van der Waals surface area contributed by atoms with Crippen LogP contribution in [0.25, 0.3) is 0 Å². The smallest absolute Gasteiger partial charge is 0.191 e. The number of hydrogen-bond acceptors (Lipinski definition) is 4. The summed E-state index contributed by atoms with van der Waals surface area (Å²) in [5, 5.41) is 7.31. The Morgan fingerprint density at radius 1 is 1.16 bits per heavy atom. The Balaban J connectivity index is 0.00000341. The summed E-state index contributed by atoms with van der Waals surface area (Å²) in [6.07, 6.45) is 2.68. The summed E-state index contributed by atoms with van der Waals surface area (Å²) in [4.78, 5) is 11.5. The van der Waals surface area contributed by atoms with E-state index in [4.69, 9.17) is 21.3 Å². The molecule has 2 heterocycles. The number of pyridine rings is 1. The largest absolute Gasteiger partial charge is 0.379 e. The van der Waals surface area contributed by atoms with Gasteiger partial charge in [0.15, 0.2) is 5.96 Å². The third kappa shape index (κ3) is 8.56. The summed E-state index contributed by atoms with van der Waals surface area (Å²) in [5.74, 6) is 0.838. The van der Waals surface area contributed by atoms with E-state index in [0.29, 0.717) is 11.7 Å². The van der Waals surface area contributed by atoms with Crippen LogP contribution in [0.2, 0.25) is 5.15 Å². The van der Waals surface area contributed by atoms with Crippen molar-refractivity contribution in [3.8, 4) is 0 Å². The van der Waals surface area contributed by atoms with Gasteiger partial charge in [-0.25, -0.2) is 4.98 Å². The molecular weight excluding hydrogens is 525 g/mol. The van der Waals surface area contributed by atoms with E-state index in [-0.39, 0.29) is 30.0 Å². The van der Waals surface area contributed by atoms with E-state index in [1.807, 2.05) is 18.3 Å². The number of morpholine rings is 1. The first-order valence-electron chi connectivity index (χ1n) is 10.7. The van der Waals surface area contributed by atoms with Crippen LogP contribution in [0.3, 0.4) is 0 Å². The Morgan fingerprint density at radius 3 is 2.55 bits per heavy atom. The number of nitrogens with one attached hydrogen (secondary N) is 2. The van der Waals surface area contributed by atoms with Crippen molar-refractivity contribution < 1.29 is 4.74 Å². The molecule has 2 aromatic rings. The maximum absolute atomic E-state index is 5.86. The van der Waals surface area contributed by atoms with Gasteiger partial charge in [0.05, 0.1) is 25.8 Å². The number of guanidine groups is 1. The zero-order chi connectivity index (χ0) is 21.2. The molecule has 6 nitrogen and oxygen atoms in total. The Hall–Kier alpha value is -1.42. The van der Waals surface area contributed by atoms with Crippen molar-refractivity contribution in [3.63, 3.8) is 0 Å². The highest BCUT2D eigenvalue weighted by Crippen LogP contribution is 2.23. The van der Waals surface area contributed by atoms with Crippen LogP contribution in [0.1, 0.15) is 29.7 Å². The molecule has 0 amide bonds. The van der Waals surface area contributed by atoms with Gasteiger partial charge >= 0.3 is 0 Å². The molecule has 1 saturated heterocycles. The molecule has 2 N–H and O–H groups in total. The van der Waals surface area contributed by atoms with Crippen molar-refractivity contribution in [3.05, 3.63) is 64.4 Å². The molecule has 8 heteroatoms. The average Bonchev–Trinajstić information content (AvgIpc) is 2.77. The molecular formula is C23H33ClIN5O. The molecule has 0 spiro atoms. The highest BCUT2D eigenvalue weighted by Gasteiger charge is 2.22. The summed E-state index contributed by atoms with van der Waals surface area (Å²) in [7, 11) is 0. The number of hydrogen-bond donors (Lipinski definition) is 2. The second-order valence-corrected chi connectivity index (χ2v) is 7.85. The van der Waals surface area contributed by atoms with Gasteiger partial charge < -0.3 is 15.4 Å². The van der Waals surface area contributed by atoms with Gasteiger partial charge in [-0.05, 0) is 37.5 Å². The van der Waals surface area contributed by atoms with Crippen molar-refractivity contribution in [2.24, 2.45) is 4.99 Å². The van der Waals surface area contributed by atoms with Crippen molar-refractivity contribution >= 4 is 41.5 Å². The molecule has 0 bridgehead atoms. The van der Waals surface area contributed by atoms with Crippen LogP contribution in [0, 0.1) is 6.92 Å². The number of aryl methyl sites for hydroxylation is 1. The third-order valence-electron chi connectivity index (χ3n) is 5.21.